The van der Waals surface area contributed by atoms with E-state index in [0.29, 0.717) is 17.4 Å². The molecule has 0 bridgehead atoms. The Morgan fingerprint density at radius 1 is 0.636 bits per heavy atom. The molecule has 110 valence electrons. The first-order chi connectivity index (χ1) is 10.8. The van der Waals surface area contributed by atoms with Gasteiger partial charge in [0, 0.05) is 11.6 Å². The summed E-state index contributed by atoms with van der Waals surface area (Å²) in [4.78, 5) is 0. The highest BCUT2D eigenvalue weighted by Crippen LogP contribution is 2.32. The second-order valence-electron chi connectivity index (χ2n) is 4.73. The lowest BCUT2D eigenvalue weighted by Crippen LogP contribution is -1.91. The number of alkyl halides is 1. The molecule has 0 aliphatic rings. The maximum absolute atomic E-state index is 5.99. The molecule has 0 unspecified atom stereocenters. The molecule has 0 saturated carbocycles. The SMILES string of the molecule is ClCc1ccc(Oc2ccccc2)cc1Oc1ccccc1. The van der Waals surface area contributed by atoms with E-state index in [9.17, 15) is 0 Å². The van der Waals surface area contributed by atoms with Crippen LogP contribution in [-0.4, -0.2) is 0 Å². The van der Waals surface area contributed by atoms with Gasteiger partial charge in [-0.3, -0.25) is 0 Å². The quantitative estimate of drug-likeness (QED) is 0.537. The van der Waals surface area contributed by atoms with Crippen molar-refractivity contribution in [2.24, 2.45) is 0 Å². The molecule has 3 rings (SSSR count). The average Bonchev–Trinajstić information content (AvgIpc) is 2.57. The summed E-state index contributed by atoms with van der Waals surface area (Å²) in [5.41, 5.74) is 0.922. The molecule has 0 heterocycles. The summed E-state index contributed by atoms with van der Waals surface area (Å²) in [5.74, 6) is 3.35. The number of para-hydroxylation sites is 2. The normalized spacial score (nSPS) is 10.2. The van der Waals surface area contributed by atoms with Crippen molar-refractivity contribution in [3.05, 3.63) is 84.4 Å². The molecule has 3 aromatic rings. The molecule has 22 heavy (non-hydrogen) atoms. The second-order valence-corrected chi connectivity index (χ2v) is 5.00. The third-order valence-electron chi connectivity index (χ3n) is 3.13. The Morgan fingerprint density at radius 3 is 1.82 bits per heavy atom. The zero-order valence-electron chi connectivity index (χ0n) is 11.9. The van der Waals surface area contributed by atoms with Crippen LogP contribution < -0.4 is 9.47 Å². The molecule has 0 N–H and O–H groups in total. The van der Waals surface area contributed by atoms with Crippen molar-refractivity contribution in [1.29, 1.82) is 0 Å². The highest BCUT2D eigenvalue weighted by Gasteiger charge is 2.07. The molecule has 0 saturated heterocycles. The van der Waals surface area contributed by atoms with Crippen LogP contribution in [0.15, 0.2) is 78.9 Å². The van der Waals surface area contributed by atoms with Gasteiger partial charge in [0.1, 0.15) is 23.0 Å². The molecule has 0 atom stereocenters. The maximum atomic E-state index is 5.99. The Balaban J connectivity index is 1.86. The first-order valence-electron chi connectivity index (χ1n) is 7.00. The average molecular weight is 311 g/mol. The molecule has 3 heteroatoms. The molecule has 0 radical (unpaired) electrons. The predicted octanol–water partition coefficient (Wildman–Crippen LogP) is 6.01. The molecule has 0 amide bonds. The lowest BCUT2D eigenvalue weighted by Gasteiger charge is -2.12. The van der Waals surface area contributed by atoms with E-state index < -0.39 is 0 Å². The van der Waals surface area contributed by atoms with Gasteiger partial charge in [0.2, 0.25) is 0 Å². The van der Waals surface area contributed by atoms with Crippen molar-refractivity contribution in [2.75, 3.05) is 0 Å². The topological polar surface area (TPSA) is 18.5 Å². The van der Waals surface area contributed by atoms with Crippen LogP contribution in [0.3, 0.4) is 0 Å². The number of ether oxygens (including phenoxy) is 2. The van der Waals surface area contributed by atoms with E-state index in [-0.39, 0.29) is 0 Å². The van der Waals surface area contributed by atoms with Gasteiger partial charge in [0.25, 0.3) is 0 Å². The van der Waals surface area contributed by atoms with Crippen molar-refractivity contribution in [3.63, 3.8) is 0 Å². The van der Waals surface area contributed by atoms with Gasteiger partial charge in [-0.25, -0.2) is 0 Å². The van der Waals surface area contributed by atoms with Crippen molar-refractivity contribution >= 4 is 11.6 Å². The molecule has 0 aliphatic carbocycles. The summed E-state index contributed by atoms with van der Waals surface area (Å²) in [6, 6.07) is 24.9. The first kappa shape index (κ1) is 14.5. The third-order valence-corrected chi connectivity index (χ3v) is 3.42. The molecule has 0 aliphatic heterocycles. The van der Waals surface area contributed by atoms with Gasteiger partial charge < -0.3 is 9.47 Å². The van der Waals surface area contributed by atoms with Crippen molar-refractivity contribution in [3.8, 4) is 23.0 Å². The van der Waals surface area contributed by atoms with E-state index in [1.165, 1.54) is 0 Å². The van der Waals surface area contributed by atoms with Gasteiger partial charge >= 0.3 is 0 Å². The zero-order chi connectivity index (χ0) is 15.2. The highest BCUT2D eigenvalue weighted by atomic mass is 35.5. The van der Waals surface area contributed by atoms with Crippen LogP contribution in [-0.2, 0) is 5.88 Å². The summed E-state index contributed by atoms with van der Waals surface area (Å²) in [6.07, 6.45) is 0. The lowest BCUT2D eigenvalue weighted by molar-refractivity contribution is 0.457. The molecule has 0 fully saturated rings. The number of hydrogen-bond donors (Lipinski definition) is 0. The van der Waals surface area contributed by atoms with E-state index in [2.05, 4.69) is 0 Å². The molecular weight excluding hydrogens is 296 g/mol. The van der Waals surface area contributed by atoms with Crippen LogP contribution in [0.4, 0.5) is 0 Å². The number of hydrogen-bond acceptors (Lipinski definition) is 2. The molecule has 0 aromatic heterocycles. The van der Waals surface area contributed by atoms with Crippen LogP contribution in [0.5, 0.6) is 23.0 Å². The summed E-state index contributed by atoms with van der Waals surface area (Å²) in [6.45, 7) is 0. The Bertz CT molecular complexity index is 727. The van der Waals surface area contributed by atoms with Crippen LogP contribution in [0.25, 0.3) is 0 Å². The molecule has 0 spiro atoms. The summed E-state index contributed by atoms with van der Waals surface area (Å²) in [5, 5.41) is 0. The minimum Gasteiger partial charge on any atom is -0.457 e. The van der Waals surface area contributed by atoms with E-state index in [1.807, 2.05) is 78.9 Å². The lowest BCUT2D eigenvalue weighted by atomic mass is 10.2. The maximum Gasteiger partial charge on any atom is 0.135 e. The minimum absolute atomic E-state index is 0.383. The van der Waals surface area contributed by atoms with Gasteiger partial charge in [-0.05, 0) is 30.3 Å². The Kier molecular flexibility index (Phi) is 4.62. The summed E-state index contributed by atoms with van der Waals surface area (Å²) in [7, 11) is 0. The summed E-state index contributed by atoms with van der Waals surface area (Å²) < 4.78 is 11.7. The van der Waals surface area contributed by atoms with Gasteiger partial charge in [-0.15, -0.1) is 11.6 Å². The Hall–Kier alpha value is -2.45. The molecule has 2 nitrogen and oxygen atoms in total. The van der Waals surface area contributed by atoms with Crippen LogP contribution in [0.2, 0.25) is 0 Å². The number of halogens is 1. The smallest absolute Gasteiger partial charge is 0.135 e. The van der Waals surface area contributed by atoms with Crippen LogP contribution >= 0.6 is 11.6 Å². The fourth-order valence-electron chi connectivity index (χ4n) is 2.04. The molecular formula is C19H15ClO2. The predicted molar refractivity (Wildman–Crippen MR) is 89.0 cm³/mol. The van der Waals surface area contributed by atoms with E-state index in [0.717, 1.165) is 17.1 Å². The summed E-state index contributed by atoms with van der Waals surface area (Å²) >= 11 is 5.99. The number of benzene rings is 3. The first-order valence-corrected chi connectivity index (χ1v) is 7.53. The van der Waals surface area contributed by atoms with E-state index >= 15 is 0 Å². The largest absolute Gasteiger partial charge is 0.457 e. The van der Waals surface area contributed by atoms with E-state index in [1.54, 1.807) is 0 Å². The Labute approximate surface area is 134 Å². The molecule has 3 aromatic carbocycles. The Morgan fingerprint density at radius 2 is 1.23 bits per heavy atom. The monoisotopic (exact) mass is 310 g/mol. The fourth-order valence-corrected chi connectivity index (χ4v) is 2.26. The van der Waals surface area contributed by atoms with Gasteiger partial charge in [0.15, 0.2) is 0 Å². The van der Waals surface area contributed by atoms with E-state index in [4.69, 9.17) is 21.1 Å². The minimum atomic E-state index is 0.383. The van der Waals surface area contributed by atoms with Gasteiger partial charge in [-0.2, -0.15) is 0 Å². The number of rotatable bonds is 5. The highest BCUT2D eigenvalue weighted by molar-refractivity contribution is 6.17. The van der Waals surface area contributed by atoms with Crippen molar-refractivity contribution < 1.29 is 9.47 Å². The van der Waals surface area contributed by atoms with Crippen LogP contribution in [0, 0.1) is 0 Å². The zero-order valence-corrected chi connectivity index (χ0v) is 12.7. The second kappa shape index (κ2) is 7.01. The standard InChI is InChI=1S/C19H15ClO2/c20-14-15-11-12-18(21-16-7-3-1-4-8-16)13-19(15)22-17-9-5-2-6-10-17/h1-13H,14H2. The fraction of sp³-hybridized carbons (Fsp3) is 0.0526. The van der Waals surface area contributed by atoms with Gasteiger partial charge in [-0.1, -0.05) is 42.5 Å². The van der Waals surface area contributed by atoms with Crippen molar-refractivity contribution in [2.45, 2.75) is 5.88 Å². The van der Waals surface area contributed by atoms with Gasteiger partial charge in [0.05, 0.1) is 5.88 Å². The third kappa shape index (κ3) is 3.60. The van der Waals surface area contributed by atoms with Crippen LogP contribution in [0.1, 0.15) is 5.56 Å². The van der Waals surface area contributed by atoms with Crippen molar-refractivity contribution in [1.82, 2.24) is 0 Å².